The number of benzene rings is 1. The molecule has 36 heavy (non-hydrogen) atoms. The first kappa shape index (κ1) is 24.8. The van der Waals surface area contributed by atoms with E-state index in [-0.39, 0.29) is 11.6 Å². The third kappa shape index (κ3) is 5.27. The molecule has 2 fully saturated rings. The Morgan fingerprint density at radius 1 is 1.14 bits per heavy atom. The second kappa shape index (κ2) is 9.85. The van der Waals surface area contributed by atoms with Crippen LogP contribution in [0.15, 0.2) is 30.5 Å². The summed E-state index contributed by atoms with van der Waals surface area (Å²) in [6.45, 7) is 4.15. The molecule has 1 aromatic carbocycles. The summed E-state index contributed by atoms with van der Waals surface area (Å²) in [7, 11) is 0. The van der Waals surface area contributed by atoms with Crippen LogP contribution in [0.5, 0.6) is 0 Å². The lowest BCUT2D eigenvalue weighted by molar-refractivity contribution is -0.137. The van der Waals surface area contributed by atoms with Gasteiger partial charge in [-0.3, -0.25) is 4.57 Å². The summed E-state index contributed by atoms with van der Waals surface area (Å²) in [6.07, 6.45) is 2.70. The molecule has 194 valence electrons. The number of rotatable bonds is 6. The average molecular weight is 504 g/mol. The Balaban J connectivity index is 1.51. The van der Waals surface area contributed by atoms with Crippen molar-refractivity contribution in [3.63, 3.8) is 0 Å². The summed E-state index contributed by atoms with van der Waals surface area (Å²) in [4.78, 5) is 14.0. The van der Waals surface area contributed by atoms with Crippen molar-refractivity contribution in [2.24, 2.45) is 11.7 Å². The maximum atomic E-state index is 13.3. The van der Waals surface area contributed by atoms with E-state index < -0.39 is 11.7 Å². The summed E-state index contributed by atoms with van der Waals surface area (Å²) < 4.78 is 47.4. The minimum absolute atomic E-state index is 0.104. The predicted molar refractivity (Wildman–Crippen MR) is 132 cm³/mol. The van der Waals surface area contributed by atoms with E-state index >= 15 is 0 Å². The van der Waals surface area contributed by atoms with Crippen LogP contribution in [-0.2, 0) is 10.9 Å². The molecule has 0 amide bonds. The van der Waals surface area contributed by atoms with Crippen molar-refractivity contribution in [2.45, 2.75) is 63.2 Å². The van der Waals surface area contributed by atoms with Gasteiger partial charge in [-0.2, -0.15) is 18.2 Å². The fourth-order valence-corrected chi connectivity index (χ4v) is 5.14. The molecule has 4 N–H and O–H groups in total. The molecule has 2 aliphatic rings. The van der Waals surface area contributed by atoms with E-state index in [4.69, 9.17) is 20.4 Å². The molecule has 0 atom stereocenters. The number of imidazole rings is 1. The van der Waals surface area contributed by atoms with Crippen LogP contribution in [0.25, 0.3) is 11.2 Å². The summed E-state index contributed by atoms with van der Waals surface area (Å²) >= 11 is 0. The van der Waals surface area contributed by atoms with Crippen LogP contribution in [0, 0.1) is 5.92 Å². The molecule has 5 rings (SSSR count). The molecule has 1 saturated heterocycles. The smallest absolute Gasteiger partial charge is 0.381 e. The maximum Gasteiger partial charge on any atom is 0.416 e. The number of aromatic nitrogens is 4. The van der Waals surface area contributed by atoms with Crippen LogP contribution in [-0.4, -0.2) is 44.8 Å². The number of fused-ring (bicyclic) bond motifs is 1. The lowest BCUT2D eigenvalue weighted by Gasteiger charge is -2.34. The lowest BCUT2D eigenvalue weighted by atomic mass is 9.86. The quantitative estimate of drug-likeness (QED) is 0.422. The number of nitrogens with one attached hydrogen (secondary N) is 2. The molecule has 3 heterocycles. The fourth-order valence-electron chi connectivity index (χ4n) is 5.14. The molecule has 1 aliphatic carbocycles. The maximum absolute atomic E-state index is 13.3. The van der Waals surface area contributed by atoms with Crippen molar-refractivity contribution in [3.8, 4) is 0 Å². The number of hydrogen-bond acceptors (Lipinski definition) is 7. The van der Waals surface area contributed by atoms with Crippen molar-refractivity contribution in [3.05, 3.63) is 36.0 Å². The molecule has 0 radical (unpaired) electrons. The molecule has 0 unspecified atom stereocenters. The highest BCUT2D eigenvalue weighted by Crippen LogP contribution is 2.38. The average Bonchev–Trinajstić information content (AvgIpc) is 3.21. The number of nitrogens with zero attached hydrogens (tertiary/aromatic N) is 4. The first-order valence-corrected chi connectivity index (χ1v) is 12.5. The molecule has 8 nitrogen and oxygen atoms in total. The Morgan fingerprint density at radius 2 is 1.89 bits per heavy atom. The van der Waals surface area contributed by atoms with Gasteiger partial charge in [0.25, 0.3) is 0 Å². The summed E-state index contributed by atoms with van der Waals surface area (Å²) in [5, 5.41) is 6.60. The monoisotopic (exact) mass is 503 g/mol. The summed E-state index contributed by atoms with van der Waals surface area (Å²) in [5.41, 5.74) is 6.58. The lowest BCUT2D eigenvalue weighted by Crippen LogP contribution is -2.41. The second-order valence-corrected chi connectivity index (χ2v) is 10.1. The molecule has 1 saturated carbocycles. The van der Waals surface area contributed by atoms with Gasteiger partial charge >= 0.3 is 6.18 Å². The molecule has 0 bridgehead atoms. The Bertz CT molecular complexity index is 1200. The van der Waals surface area contributed by atoms with Gasteiger partial charge in [-0.25, -0.2) is 9.97 Å². The minimum Gasteiger partial charge on any atom is -0.381 e. The Labute approximate surface area is 207 Å². The predicted octanol–water partition coefficient (Wildman–Crippen LogP) is 5.26. The topological polar surface area (TPSA) is 103 Å². The highest BCUT2D eigenvalue weighted by atomic mass is 19.4. The van der Waals surface area contributed by atoms with E-state index in [1.807, 2.05) is 4.57 Å². The van der Waals surface area contributed by atoms with Crippen LogP contribution in [0.2, 0.25) is 0 Å². The van der Waals surface area contributed by atoms with Crippen molar-refractivity contribution in [2.75, 3.05) is 30.4 Å². The van der Waals surface area contributed by atoms with Crippen molar-refractivity contribution >= 4 is 28.7 Å². The van der Waals surface area contributed by atoms with E-state index in [0.29, 0.717) is 54.4 Å². The van der Waals surface area contributed by atoms with Gasteiger partial charge in [0.2, 0.25) is 11.9 Å². The second-order valence-electron chi connectivity index (χ2n) is 10.1. The zero-order valence-electron chi connectivity index (χ0n) is 20.3. The molecular weight excluding hydrogens is 471 g/mol. The molecule has 2 aromatic heterocycles. The number of halogens is 3. The normalized spacial score (nSPS) is 22.5. The first-order chi connectivity index (χ1) is 17.2. The summed E-state index contributed by atoms with van der Waals surface area (Å²) in [6, 6.07) is 5.26. The molecule has 11 heteroatoms. The molecule has 3 aromatic rings. The van der Waals surface area contributed by atoms with Gasteiger partial charge in [0.05, 0.1) is 11.8 Å². The van der Waals surface area contributed by atoms with E-state index in [0.717, 1.165) is 50.7 Å². The molecular formula is C25H32F3N7O. The van der Waals surface area contributed by atoms with E-state index in [1.54, 1.807) is 12.3 Å². The summed E-state index contributed by atoms with van der Waals surface area (Å²) in [5.74, 6) is 1.45. The van der Waals surface area contributed by atoms with Gasteiger partial charge in [-0.1, -0.05) is 6.07 Å². The number of ether oxygens (including phenoxy) is 1. The third-order valence-electron chi connectivity index (χ3n) is 7.40. The molecule has 0 spiro atoms. The largest absolute Gasteiger partial charge is 0.416 e. The van der Waals surface area contributed by atoms with Gasteiger partial charge in [0, 0.05) is 30.5 Å². The van der Waals surface area contributed by atoms with E-state index in [1.165, 1.54) is 6.07 Å². The number of anilines is 3. The van der Waals surface area contributed by atoms with Crippen molar-refractivity contribution < 1.29 is 17.9 Å². The standard InChI is InChI=1S/C25H32F3N7O/c1-24(9-11-36-12-10-24)34-22-30-15-20-21(33-22)35(19-7-5-16(14-29)6-8-19)23(32-20)31-18-4-2-3-17(13-18)25(26,27)28/h2-4,13,15-16,19H,5-12,14,29H2,1H3,(H,31,32)(H,30,33,34)/t16-,19+. The Hall–Kier alpha value is -2.92. The van der Waals surface area contributed by atoms with Crippen molar-refractivity contribution in [1.82, 2.24) is 19.5 Å². The van der Waals surface area contributed by atoms with Crippen LogP contribution < -0.4 is 16.4 Å². The highest BCUT2D eigenvalue weighted by molar-refractivity contribution is 5.76. The number of hydrogen-bond donors (Lipinski definition) is 3. The Kier molecular flexibility index (Phi) is 6.78. The third-order valence-corrected chi connectivity index (χ3v) is 7.40. The zero-order valence-corrected chi connectivity index (χ0v) is 20.3. The van der Waals surface area contributed by atoms with Crippen LogP contribution in [0.3, 0.4) is 0 Å². The van der Waals surface area contributed by atoms with Crippen LogP contribution >= 0.6 is 0 Å². The van der Waals surface area contributed by atoms with Gasteiger partial charge in [0.1, 0.15) is 5.52 Å². The van der Waals surface area contributed by atoms with Gasteiger partial charge < -0.3 is 21.1 Å². The van der Waals surface area contributed by atoms with Crippen molar-refractivity contribution in [1.29, 1.82) is 0 Å². The zero-order chi connectivity index (χ0) is 25.3. The fraction of sp³-hybridized carbons (Fsp3) is 0.560. The van der Waals surface area contributed by atoms with E-state index in [9.17, 15) is 13.2 Å². The molecule has 1 aliphatic heterocycles. The SMILES string of the molecule is CC1(Nc2ncc3nc(Nc4cccc(C(F)(F)F)c4)n([C@H]4CC[C@@H](CN)CC4)c3n2)CCOCC1. The first-order valence-electron chi connectivity index (χ1n) is 12.5. The van der Waals surface area contributed by atoms with Gasteiger partial charge in [0.15, 0.2) is 5.65 Å². The Morgan fingerprint density at radius 3 is 2.58 bits per heavy atom. The van der Waals surface area contributed by atoms with Crippen LogP contribution in [0.1, 0.15) is 57.1 Å². The van der Waals surface area contributed by atoms with Crippen LogP contribution in [0.4, 0.5) is 30.8 Å². The number of alkyl halides is 3. The van der Waals surface area contributed by atoms with Gasteiger partial charge in [-0.15, -0.1) is 0 Å². The minimum atomic E-state index is -4.43. The highest BCUT2D eigenvalue weighted by Gasteiger charge is 2.32. The number of nitrogens with two attached hydrogens (primary N) is 1. The van der Waals surface area contributed by atoms with Gasteiger partial charge in [-0.05, 0) is 76.1 Å². The van der Waals surface area contributed by atoms with E-state index in [2.05, 4.69) is 22.5 Å².